The fourth-order valence-electron chi connectivity index (χ4n) is 2.92. The van der Waals surface area contributed by atoms with E-state index in [0.717, 1.165) is 0 Å². The lowest BCUT2D eigenvalue weighted by molar-refractivity contribution is -0.145. The van der Waals surface area contributed by atoms with Crippen molar-refractivity contribution in [2.75, 3.05) is 6.61 Å². The first-order chi connectivity index (χ1) is 16.6. The van der Waals surface area contributed by atoms with Crippen molar-refractivity contribution in [2.24, 2.45) is 11.7 Å². The highest BCUT2D eigenvalue weighted by Crippen LogP contribution is 2.08. The van der Waals surface area contributed by atoms with Crippen LogP contribution in [-0.4, -0.2) is 98.9 Å². The molecule has 0 aliphatic carbocycles. The minimum Gasteiger partial charge on any atom is -0.481 e. The van der Waals surface area contributed by atoms with E-state index < -0.39 is 84.9 Å². The predicted molar refractivity (Wildman–Crippen MR) is 124 cm³/mol. The van der Waals surface area contributed by atoms with E-state index in [-0.39, 0.29) is 18.8 Å². The Morgan fingerprint density at radius 3 is 1.75 bits per heavy atom. The molecule has 6 atom stereocenters. The van der Waals surface area contributed by atoms with Gasteiger partial charge in [0, 0.05) is 6.42 Å². The standard InChI is InChI=1S/C21H37N5O10/c1-9(2)7-14(20(34)23-10(3)17(31)26-16(11(4)28)21(35)36)25-19(33)13(5-6-15(29)30)24-18(32)12(22)8-27/h9-14,16,27-28H,5-8,22H2,1-4H3,(H,23,34)(H,24,32)(H,25,33)(H,26,31)(H,29,30)(H,35,36)/t10-,11+,12-,13-,14-,16-/m0/s1. The normalized spacial score (nSPS) is 16.0. The van der Waals surface area contributed by atoms with Crippen LogP contribution in [0.3, 0.4) is 0 Å². The molecule has 15 heteroatoms. The summed E-state index contributed by atoms with van der Waals surface area (Å²) in [5, 5.41) is 45.7. The van der Waals surface area contributed by atoms with Crippen LogP contribution < -0.4 is 27.0 Å². The SMILES string of the molecule is CC(C)C[C@H](NC(=O)[C@H](CCC(=O)O)NC(=O)[C@@H](N)CO)C(=O)N[C@@H](C)C(=O)N[C@H](C(=O)O)[C@@H](C)O. The van der Waals surface area contributed by atoms with Gasteiger partial charge in [0.2, 0.25) is 23.6 Å². The molecular formula is C21H37N5O10. The van der Waals surface area contributed by atoms with Gasteiger partial charge < -0.3 is 47.4 Å². The van der Waals surface area contributed by atoms with E-state index in [1.54, 1.807) is 13.8 Å². The van der Waals surface area contributed by atoms with Gasteiger partial charge in [-0.15, -0.1) is 0 Å². The summed E-state index contributed by atoms with van der Waals surface area (Å²) in [5.41, 5.74) is 5.43. The van der Waals surface area contributed by atoms with Gasteiger partial charge in [-0.3, -0.25) is 24.0 Å². The predicted octanol–water partition coefficient (Wildman–Crippen LogP) is -3.36. The second-order valence-corrected chi connectivity index (χ2v) is 8.77. The van der Waals surface area contributed by atoms with Gasteiger partial charge in [-0.05, 0) is 32.6 Å². The number of carbonyl (C=O) groups is 6. The van der Waals surface area contributed by atoms with Gasteiger partial charge in [0.05, 0.1) is 12.7 Å². The number of hydrogen-bond donors (Lipinski definition) is 9. The monoisotopic (exact) mass is 519 g/mol. The Bertz CT molecular complexity index is 804. The largest absolute Gasteiger partial charge is 0.481 e. The average Bonchev–Trinajstić information content (AvgIpc) is 2.77. The Labute approximate surface area is 208 Å². The smallest absolute Gasteiger partial charge is 0.328 e. The van der Waals surface area contributed by atoms with Crippen molar-refractivity contribution in [1.29, 1.82) is 0 Å². The number of carboxylic acid groups (broad SMARTS) is 2. The Balaban J connectivity index is 5.51. The number of aliphatic hydroxyl groups is 2. The topological polar surface area (TPSA) is 257 Å². The zero-order chi connectivity index (χ0) is 28.2. The van der Waals surface area contributed by atoms with Gasteiger partial charge in [-0.2, -0.15) is 0 Å². The molecule has 4 amide bonds. The van der Waals surface area contributed by atoms with Gasteiger partial charge in [-0.25, -0.2) is 4.79 Å². The van der Waals surface area contributed by atoms with E-state index in [4.69, 9.17) is 21.1 Å². The zero-order valence-electron chi connectivity index (χ0n) is 20.7. The number of nitrogens with one attached hydrogen (secondary N) is 4. The van der Waals surface area contributed by atoms with Crippen molar-refractivity contribution < 1.29 is 49.2 Å². The van der Waals surface area contributed by atoms with Crippen molar-refractivity contribution in [1.82, 2.24) is 21.3 Å². The number of carbonyl (C=O) groups excluding carboxylic acids is 4. The van der Waals surface area contributed by atoms with Gasteiger partial charge >= 0.3 is 11.9 Å². The van der Waals surface area contributed by atoms with E-state index in [1.165, 1.54) is 13.8 Å². The minimum atomic E-state index is -1.60. The van der Waals surface area contributed by atoms with Crippen LogP contribution in [-0.2, 0) is 28.8 Å². The Morgan fingerprint density at radius 1 is 0.778 bits per heavy atom. The summed E-state index contributed by atoms with van der Waals surface area (Å²) >= 11 is 0. The summed E-state index contributed by atoms with van der Waals surface area (Å²) < 4.78 is 0. The van der Waals surface area contributed by atoms with Gasteiger partial charge in [-0.1, -0.05) is 13.8 Å². The van der Waals surface area contributed by atoms with Crippen LogP contribution in [0.5, 0.6) is 0 Å². The molecule has 0 aromatic carbocycles. The van der Waals surface area contributed by atoms with E-state index in [1.807, 2.05) is 0 Å². The molecule has 0 rings (SSSR count). The van der Waals surface area contributed by atoms with Gasteiger partial charge in [0.15, 0.2) is 6.04 Å². The number of hydrogen-bond acceptors (Lipinski definition) is 9. The highest BCUT2D eigenvalue weighted by molar-refractivity contribution is 5.95. The summed E-state index contributed by atoms with van der Waals surface area (Å²) in [6.07, 6.45) is -2.11. The first-order valence-corrected chi connectivity index (χ1v) is 11.3. The first-order valence-electron chi connectivity index (χ1n) is 11.3. The number of aliphatic hydroxyl groups excluding tert-OH is 2. The summed E-state index contributed by atoms with van der Waals surface area (Å²) in [6, 6.07) is -6.77. The fraction of sp³-hybridized carbons (Fsp3) is 0.714. The third-order valence-corrected chi connectivity index (χ3v) is 4.95. The van der Waals surface area contributed by atoms with Crippen LogP contribution in [0.4, 0.5) is 0 Å². The number of carboxylic acids is 2. The molecule has 206 valence electrons. The van der Waals surface area contributed by atoms with Gasteiger partial charge in [0.25, 0.3) is 0 Å². The van der Waals surface area contributed by atoms with E-state index in [2.05, 4.69) is 21.3 Å². The molecule has 0 radical (unpaired) electrons. The Morgan fingerprint density at radius 2 is 1.31 bits per heavy atom. The van der Waals surface area contributed by atoms with Crippen molar-refractivity contribution in [2.45, 2.75) is 83.3 Å². The van der Waals surface area contributed by atoms with Gasteiger partial charge in [0.1, 0.15) is 24.2 Å². The zero-order valence-corrected chi connectivity index (χ0v) is 20.7. The first kappa shape index (κ1) is 32.7. The second-order valence-electron chi connectivity index (χ2n) is 8.77. The van der Waals surface area contributed by atoms with Crippen molar-refractivity contribution in [3.05, 3.63) is 0 Å². The molecule has 0 bridgehead atoms. The van der Waals surface area contributed by atoms with Crippen LogP contribution in [0.2, 0.25) is 0 Å². The Kier molecular flexibility index (Phi) is 14.2. The number of rotatable bonds is 16. The molecule has 0 aromatic heterocycles. The molecule has 0 saturated carbocycles. The summed E-state index contributed by atoms with van der Waals surface area (Å²) in [6.45, 7) is 5.24. The molecule has 0 unspecified atom stereocenters. The average molecular weight is 520 g/mol. The molecule has 36 heavy (non-hydrogen) atoms. The summed E-state index contributed by atoms with van der Waals surface area (Å²) in [4.78, 5) is 72.2. The Hall–Kier alpha value is -3.30. The maximum Gasteiger partial charge on any atom is 0.328 e. The second kappa shape index (κ2) is 15.6. The van der Waals surface area contributed by atoms with Crippen LogP contribution >= 0.6 is 0 Å². The highest BCUT2D eigenvalue weighted by Gasteiger charge is 2.31. The van der Waals surface area contributed by atoms with Crippen molar-refractivity contribution in [3.8, 4) is 0 Å². The summed E-state index contributed by atoms with van der Waals surface area (Å²) in [7, 11) is 0. The summed E-state index contributed by atoms with van der Waals surface area (Å²) in [5.74, 6) is -6.29. The number of amides is 4. The lowest BCUT2D eigenvalue weighted by Gasteiger charge is -2.26. The minimum absolute atomic E-state index is 0.104. The lowest BCUT2D eigenvalue weighted by atomic mass is 10.0. The molecule has 0 heterocycles. The maximum absolute atomic E-state index is 12.8. The van der Waals surface area contributed by atoms with Crippen LogP contribution in [0.15, 0.2) is 0 Å². The molecule has 0 aliphatic rings. The molecule has 15 nitrogen and oxygen atoms in total. The molecule has 0 aliphatic heterocycles. The van der Waals surface area contributed by atoms with Crippen LogP contribution in [0, 0.1) is 5.92 Å². The quantitative estimate of drug-likeness (QED) is 0.0972. The number of aliphatic carboxylic acids is 2. The van der Waals surface area contributed by atoms with Crippen molar-refractivity contribution >= 4 is 35.6 Å². The molecule has 0 saturated heterocycles. The molecular weight excluding hydrogens is 482 g/mol. The highest BCUT2D eigenvalue weighted by atomic mass is 16.4. The molecule has 0 fully saturated rings. The molecule has 10 N–H and O–H groups in total. The van der Waals surface area contributed by atoms with Crippen LogP contribution in [0.1, 0.15) is 47.0 Å². The van der Waals surface area contributed by atoms with E-state index >= 15 is 0 Å². The van der Waals surface area contributed by atoms with Crippen molar-refractivity contribution in [3.63, 3.8) is 0 Å². The van der Waals surface area contributed by atoms with Crippen LogP contribution in [0.25, 0.3) is 0 Å². The third-order valence-electron chi connectivity index (χ3n) is 4.95. The molecule has 0 aromatic rings. The van der Waals surface area contributed by atoms with E-state index in [9.17, 15) is 33.9 Å². The fourth-order valence-corrected chi connectivity index (χ4v) is 2.92. The maximum atomic E-state index is 12.8. The molecule has 0 spiro atoms. The van der Waals surface area contributed by atoms with E-state index in [0.29, 0.717) is 0 Å². The lowest BCUT2D eigenvalue weighted by Crippen LogP contribution is -2.59. The third kappa shape index (κ3) is 11.9. The number of nitrogens with two attached hydrogens (primary N) is 1.